The zero-order valence-electron chi connectivity index (χ0n) is 8.29. The maximum atomic E-state index is 10.4. The Morgan fingerprint density at radius 1 is 1.50 bits per heavy atom. The maximum absolute atomic E-state index is 10.4. The van der Waals surface area contributed by atoms with E-state index in [1.165, 1.54) is 12.8 Å². The summed E-state index contributed by atoms with van der Waals surface area (Å²) < 4.78 is 6.21. The number of hydrogen-bond donors (Lipinski definition) is 1. The number of halogens is 1. The lowest BCUT2D eigenvalue weighted by molar-refractivity contribution is -0.0233. The third-order valence-corrected chi connectivity index (χ3v) is 3.85. The predicted molar refractivity (Wildman–Crippen MR) is 57.9 cm³/mol. The van der Waals surface area contributed by atoms with Gasteiger partial charge in [-0.1, -0.05) is 12.8 Å². The summed E-state index contributed by atoms with van der Waals surface area (Å²) in [5.74, 6) is 1.01. The summed E-state index contributed by atoms with van der Waals surface area (Å²) in [6.45, 7) is 1.85. The van der Waals surface area contributed by atoms with Gasteiger partial charge in [-0.25, -0.2) is 0 Å². The standard InChI is InChI=1S/C11H15BrO2/c1-11(13,8-4-2-3-5-8)10-9(12)6-7-14-10/h6-8,13H,2-5H2,1H3. The van der Waals surface area contributed by atoms with E-state index in [1.807, 2.05) is 13.0 Å². The van der Waals surface area contributed by atoms with Crippen LogP contribution in [0.5, 0.6) is 0 Å². The molecule has 0 aromatic carbocycles. The van der Waals surface area contributed by atoms with Crippen LogP contribution in [0.3, 0.4) is 0 Å². The molecule has 0 saturated heterocycles. The molecule has 1 N–H and O–H groups in total. The van der Waals surface area contributed by atoms with Crippen molar-refractivity contribution >= 4 is 15.9 Å². The highest BCUT2D eigenvalue weighted by atomic mass is 79.9. The van der Waals surface area contributed by atoms with Gasteiger partial charge < -0.3 is 9.52 Å². The lowest BCUT2D eigenvalue weighted by Gasteiger charge is -2.28. The SMILES string of the molecule is CC(O)(c1occc1Br)C1CCCC1. The molecule has 3 heteroatoms. The van der Waals surface area contributed by atoms with E-state index in [2.05, 4.69) is 15.9 Å². The molecule has 2 rings (SSSR count). The quantitative estimate of drug-likeness (QED) is 0.882. The second kappa shape index (κ2) is 3.70. The second-order valence-corrected chi connectivity index (χ2v) is 5.08. The van der Waals surface area contributed by atoms with E-state index in [-0.39, 0.29) is 0 Å². The lowest BCUT2D eigenvalue weighted by Crippen LogP contribution is -2.29. The third-order valence-electron chi connectivity index (χ3n) is 3.23. The zero-order chi connectivity index (χ0) is 10.2. The number of rotatable bonds is 2. The molecule has 1 fully saturated rings. The summed E-state index contributed by atoms with van der Waals surface area (Å²) >= 11 is 3.40. The van der Waals surface area contributed by atoms with Crippen LogP contribution >= 0.6 is 15.9 Å². The summed E-state index contributed by atoms with van der Waals surface area (Å²) in [7, 11) is 0. The number of hydrogen-bond acceptors (Lipinski definition) is 2. The molecule has 1 aromatic rings. The van der Waals surface area contributed by atoms with Crippen LogP contribution in [0.2, 0.25) is 0 Å². The molecule has 2 nitrogen and oxygen atoms in total. The van der Waals surface area contributed by atoms with Gasteiger partial charge in [0.1, 0.15) is 11.4 Å². The van der Waals surface area contributed by atoms with Gasteiger partial charge in [-0.2, -0.15) is 0 Å². The molecule has 0 aliphatic heterocycles. The van der Waals surface area contributed by atoms with Crippen LogP contribution in [0.25, 0.3) is 0 Å². The molecule has 0 bridgehead atoms. The normalized spacial score (nSPS) is 22.5. The van der Waals surface area contributed by atoms with Crippen molar-refractivity contribution in [2.45, 2.75) is 38.2 Å². The molecular formula is C11H15BrO2. The highest BCUT2D eigenvalue weighted by Gasteiger charge is 2.39. The first kappa shape index (κ1) is 10.2. The molecule has 1 heterocycles. The van der Waals surface area contributed by atoms with Crippen molar-refractivity contribution in [3.8, 4) is 0 Å². The molecule has 0 amide bonds. The van der Waals surface area contributed by atoms with Crippen LogP contribution in [-0.2, 0) is 5.60 Å². The number of furan rings is 1. The molecule has 0 spiro atoms. The van der Waals surface area contributed by atoms with Crippen molar-refractivity contribution in [2.75, 3.05) is 0 Å². The molecule has 1 saturated carbocycles. The van der Waals surface area contributed by atoms with Crippen LogP contribution in [-0.4, -0.2) is 5.11 Å². The highest BCUT2D eigenvalue weighted by molar-refractivity contribution is 9.10. The smallest absolute Gasteiger partial charge is 0.149 e. The highest BCUT2D eigenvalue weighted by Crippen LogP contribution is 2.42. The van der Waals surface area contributed by atoms with Gasteiger partial charge in [0.25, 0.3) is 0 Å². The molecule has 14 heavy (non-hydrogen) atoms. The largest absolute Gasteiger partial charge is 0.465 e. The Labute approximate surface area is 92.4 Å². The van der Waals surface area contributed by atoms with Gasteiger partial charge in [-0.3, -0.25) is 0 Å². The van der Waals surface area contributed by atoms with E-state index >= 15 is 0 Å². The average Bonchev–Trinajstić information content (AvgIpc) is 2.72. The van der Waals surface area contributed by atoms with E-state index in [9.17, 15) is 5.11 Å². The summed E-state index contributed by atoms with van der Waals surface area (Å²) in [6, 6.07) is 1.83. The fraction of sp³-hybridized carbons (Fsp3) is 0.636. The van der Waals surface area contributed by atoms with Gasteiger partial charge in [0.05, 0.1) is 10.7 Å². The Hall–Kier alpha value is -0.280. The first-order valence-electron chi connectivity index (χ1n) is 5.08. The fourth-order valence-corrected chi connectivity index (χ4v) is 2.93. The minimum atomic E-state index is -0.821. The molecule has 0 radical (unpaired) electrons. The Bertz CT molecular complexity index is 311. The third kappa shape index (κ3) is 1.63. The molecule has 1 aromatic heterocycles. The molecule has 1 aliphatic rings. The van der Waals surface area contributed by atoms with Gasteiger partial charge >= 0.3 is 0 Å². The maximum Gasteiger partial charge on any atom is 0.149 e. The van der Waals surface area contributed by atoms with Crippen molar-refractivity contribution in [1.82, 2.24) is 0 Å². The Kier molecular flexibility index (Phi) is 2.71. The molecule has 78 valence electrons. The minimum Gasteiger partial charge on any atom is -0.465 e. The van der Waals surface area contributed by atoms with Crippen molar-refractivity contribution in [1.29, 1.82) is 0 Å². The zero-order valence-corrected chi connectivity index (χ0v) is 9.88. The Balaban J connectivity index is 2.26. The van der Waals surface area contributed by atoms with Gasteiger partial charge in [-0.15, -0.1) is 0 Å². The number of aliphatic hydroxyl groups is 1. The molecule has 1 unspecified atom stereocenters. The molecule has 1 atom stereocenters. The van der Waals surface area contributed by atoms with Crippen LogP contribution in [0, 0.1) is 5.92 Å². The van der Waals surface area contributed by atoms with Gasteiger partial charge in [-0.05, 0) is 47.7 Å². The van der Waals surface area contributed by atoms with Crippen molar-refractivity contribution in [2.24, 2.45) is 5.92 Å². The molecular weight excluding hydrogens is 244 g/mol. The summed E-state index contributed by atoms with van der Waals surface area (Å²) in [5.41, 5.74) is -0.821. The van der Waals surface area contributed by atoms with Gasteiger partial charge in [0.2, 0.25) is 0 Å². The van der Waals surface area contributed by atoms with Crippen LogP contribution in [0.15, 0.2) is 21.2 Å². The lowest BCUT2D eigenvalue weighted by atomic mass is 9.86. The first-order chi connectivity index (χ1) is 6.62. The monoisotopic (exact) mass is 258 g/mol. The molecule has 1 aliphatic carbocycles. The summed E-state index contributed by atoms with van der Waals surface area (Å²) in [4.78, 5) is 0. The van der Waals surface area contributed by atoms with Gasteiger partial charge in [0, 0.05) is 0 Å². The Morgan fingerprint density at radius 2 is 2.14 bits per heavy atom. The second-order valence-electron chi connectivity index (χ2n) is 4.23. The van der Waals surface area contributed by atoms with Crippen molar-refractivity contribution in [3.05, 3.63) is 22.6 Å². The first-order valence-corrected chi connectivity index (χ1v) is 5.87. The topological polar surface area (TPSA) is 33.4 Å². The minimum absolute atomic E-state index is 0.338. The van der Waals surface area contributed by atoms with E-state index in [1.54, 1.807) is 6.26 Å². The summed E-state index contributed by atoms with van der Waals surface area (Å²) in [5, 5.41) is 10.4. The van der Waals surface area contributed by atoms with Gasteiger partial charge in [0.15, 0.2) is 0 Å². The van der Waals surface area contributed by atoms with E-state index < -0.39 is 5.60 Å². The predicted octanol–water partition coefficient (Wildman–Crippen LogP) is 3.44. The van der Waals surface area contributed by atoms with Crippen LogP contribution in [0.1, 0.15) is 38.4 Å². The van der Waals surface area contributed by atoms with Crippen LogP contribution < -0.4 is 0 Å². The van der Waals surface area contributed by atoms with Crippen molar-refractivity contribution in [3.63, 3.8) is 0 Å². The van der Waals surface area contributed by atoms with Crippen LogP contribution in [0.4, 0.5) is 0 Å². The summed E-state index contributed by atoms with van der Waals surface area (Å²) in [6.07, 6.45) is 6.25. The fourth-order valence-electron chi connectivity index (χ4n) is 2.33. The van der Waals surface area contributed by atoms with E-state index in [0.717, 1.165) is 17.3 Å². The van der Waals surface area contributed by atoms with E-state index in [4.69, 9.17) is 4.42 Å². The average molecular weight is 259 g/mol. The Morgan fingerprint density at radius 3 is 2.64 bits per heavy atom. The van der Waals surface area contributed by atoms with Crippen molar-refractivity contribution < 1.29 is 9.52 Å². The van der Waals surface area contributed by atoms with E-state index in [0.29, 0.717) is 11.7 Å².